The molecule has 2 fully saturated rings. The molecule has 0 bridgehead atoms. The smallest absolute Gasteiger partial charge is 0.408 e. The minimum atomic E-state index is -0.558. The molecule has 5 nitrogen and oxygen atoms in total. The van der Waals surface area contributed by atoms with E-state index in [1.807, 2.05) is 51.3 Å². The summed E-state index contributed by atoms with van der Waals surface area (Å²) in [5, 5.41) is 4.10. The molecule has 21 heavy (non-hydrogen) atoms. The van der Waals surface area contributed by atoms with Crippen molar-refractivity contribution in [2.45, 2.75) is 63.2 Å². The van der Waals surface area contributed by atoms with Crippen LogP contribution in [-0.2, 0) is 9.53 Å². The van der Waals surface area contributed by atoms with E-state index in [-0.39, 0.29) is 11.8 Å². The van der Waals surface area contributed by atoms with Crippen molar-refractivity contribution >= 4 is 23.8 Å². The van der Waals surface area contributed by atoms with E-state index in [1.165, 1.54) is 0 Å². The van der Waals surface area contributed by atoms with Crippen LogP contribution in [0.5, 0.6) is 0 Å². The third-order valence-corrected chi connectivity index (χ3v) is 5.11. The normalized spacial score (nSPS) is 26.1. The van der Waals surface area contributed by atoms with Crippen molar-refractivity contribution in [1.82, 2.24) is 10.2 Å². The number of nitrogens with zero attached hydrogens (tertiary/aromatic N) is 1. The van der Waals surface area contributed by atoms with E-state index in [2.05, 4.69) is 5.32 Å². The number of alkyl carbamates (subject to hydrolysis) is 1. The number of fused-ring (bicyclic) bond motifs is 1. The van der Waals surface area contributed by atoms with Gasteiger partial charge in [0.1, 0.15) is 11.6 Å². The van der Waals surface area contributed by atoms with Crippen LogP contribution in [0.25, 0.3) is 0 Å². The van der Waals surface area contributed by atoms with Crippen LogP contribution in [0, 0.1) is 5.92 Å². The third-order valence-electron chi connectivity index (χ3n) is 3.69. The molecule has 2 aliphatic heterocycles. The number of rotatable bonds is 3. The van der Waals surface area contributed by atoms with Gasteiger partial charge in [-0.3, -0.25) is 4.79 Å². The molecule has 0 aromatic heterocycles. The summed E-state index contributed by atoms with van der Waals surface area (Å²) in [5.74, 6) is 0.0522. The topological polar surface area (TPSA) is 58.6 Å². The van der Waals surface area contributed by atoms with Gasteiger partial charge in [0, 0.05) is 23.6 Å². The minimum absolute atomic E-state index is 0.0156. The number of carbonyl (C=O) groups excluding carboxylic acids is 2. The summed E-state index contributed by atoms with van der Waals surface area (Å²) >= 11 is 1.96. The van der Waals surface area contributed by atoms with Crippen molar-refractivity contribution in [3.05, 3.63) is 0 Å². The molecule has 3 atom stereocenters. The van der Waals surface area contributed by atoms with Crippen LogP contribution >= 0.6 is 11.8 Å². The summed E-state index contributed by atoms with van der Waals surface area (Å²) in [5.41, 5.74) is -0.558. The SMILES string of the molecule is CC(C)[C@H](NC(=O)OC(C)(C)C)C(=O)N1CCC2SC2C1. The molecule has 2 aliphatic rings. The maximum absolute atomic E-state index is 12.7. The Hall–Kier alpha value is -0.910. The van der Waals surface area contributed by atoms with Crippen LogP contribution in [0.2, 0.25) is 0 Å². The molecule has 6 heteroatoms. The molecule has 0 aliphatic carbocycles. The summed E-state index contributed by atoms with van der Waals surface area (Å²) in [6.45, 7) is 10.9. The Labute approximate surface area is 131 Å². The summed E-state index contributed by atoms with van der Waals surface area (Å²) < 4.78 is 5.26. The first-order valence-electron chi connectivity index (χ1n) is 7.61. The molecule has 2 rings (SSSR count). The molecule has 120 valence electrons. The Kier molecular flexibility index (Phi) is 4.76. The van der Waals surface area contributed by atoms with Crippen molar-refractivity contribution in [1.29, 1.82) is 0 Å². The zero-order valence-corrected chi connectivity index (χ0v) is 14.3. The van der Waals surface area contributed by atoms with E-state index in [0.29, 0.717) is 5.25 Å². The van der Waals surface area contributed by atoms with Crippen LogP contribution in [0.3, 0.4) is 0 Å². The molecular formula is C15H26N2O3S. The molecule has 2 saturated heterocycles. The van der Waals surface area contributed by atoms with Gasteiger partial charge in [-0.1, -0.05) is 13.8 Å². The number of thioether (sulfide) groups is 1. The Morgan fingerprint density at radius 2 is 1.95 bits per heavy atom. The molecule has 0 spiro atoms. The van der Waals surface area contributed by atoms with Gasteiger partial charge in [0.15, 0.2) is 0 Å². The number of piperidine rings is 1. The van der Waals surface area contributed by atoms with E-state index in [0.717, 1.165) is 24.8 Å². The van der Waals surface area contributed by atoms with Crippen molar-refractivity contribution in [3.63, 3.8) is 0 Å². The van der Waals surface area contributed by atoms with E-state index in [4.69, 9.17) is 4.74 Å². The maximum Gasteiger partial charge on any atom is 0.408 e. The minimum Gasteiger partial charge on any atom is -0.444 e. The summed E-state index contributed by atoms with van der Waals surface area (Å²) in [6, 6.07) is -0.514. The molecule has 1 N–H and O–H groups in total. The third kappa shape index (κ3) is 4.53. The highest BCUT2D eigenvalue weighted by atomic mass is 32.2. The first kappa shape index (κ1) is 16.5. The number of hydrogen-bond donors (Lipinski definition) is 1. The lowest BCUT2D eigenvalue weighted by atomic mass is 10.0. The second-order valence-electron chi connectivity index (χ2n) is 7.15. The summed E-state index contributed by atoms with van der Waals surface area (Å²) in [7, 11) is 0. The monoisotopic (exact) mass is 314 g/mol. The van der Waals surface area contributed by atoms with Gasteiger partial charge in [0.2, 0.25) is 5.91 Å². The van der Waals surface area contributed by atoms with Gasteiger partial charge in [0.25, 0.3) is 0 Å². The van der Waals surface area contributed by atoms with Gasteiger partial charge < -0.3 is 15.0 Å². The number of likely N-dealkylation sites (tertiary alicyclic amines) is 1. The number of hydrogen-bond acceptors (Lipinski definition) is 4. The fourth-order valence-corrected chi connectivity index (χ4v) is 3.62. The standard InChI is InChI=1S/C15H26N2O3S/c1-9(2)12(16-14(19)20-15(3,4)5)13(18)17-7-6-10-11(8-17)21-10/h9-12H,6-8H2,1-5H3,(H,16,19)/t10?,11?,12-/m0/s1. The van der Waals surface area contributed by atoms with Crippen LogP contribution in [0.15, 0.2) is 0 Å². The Morgan fingerprint density at radius 3 is 2.48 bits per heavy atom. The highest BCUT2D eigenvalue weighted by Gasteiger charge is 2.45. The molecule has 2 amide bonds. The van der Waals surface area contributed by atoms with E-state index < -0.39 is 17.7 Å². The van der Waals surface area contributed by atoms with Crippen molar-refractivity contribution in [3.8, 4) is 0 Å². The predicted octanol–water partition coefficient (Wildman–Crippen LogP) is 2.25. The van der Waals surface area contributed by atoms with E-state index >= 15 is 0 Å². The first-order valence-corrected chi connectivity index (χ1v) is 8.55. The van der Waals surface area contributed by atoms with Crippen LogP contribution in [-0.4, -0.2) is 52.1 Å². The first-order chi connectivity index (χ1) is 9.67. The van der Waals surface area contributed by atoms with Crippen LogP contribution in [0.1, 0.15) is 41.0 Å². The number of nitrogens with one attached hydrogen (secondary N) is 1. The molecule has 0 saturated carbocycles. The van der Waals surface area contributed by atoms with Gasteiger partial charge in [-0.05, 0) is 33.1 Å². The summed E-state index contributed by atoms with van der Waals surface area (Å²) in [6.07, 6.45) is 0.545. The maximum atomic E-state index is 12.7. The predicted molar refractivity (Wildman–Crippen MR) is 84.4 cm³/mol. The Bertz CT molecular complexity index is 420. The quantitative estimate of drug-likeness (QED) is 0.812. The van der Waals surface area contributed by atoms with Gasteiger partial charge >= 0.3 is 6.09 Å². The number of carbonyl (C=O) groups is 2. The van der Waals surface area contributed by atoms with Gasteiger partial charge in [-0.2, -0.15) is 11.8 Å². The van der Waals surface area contributed by atoms with E-state index in [1.54, 1.807) is 0 Å². The lowest BCUT2D eigenvalue weighted by Crippen LogP contribution is -2.54. The molecule has 2 heterocycles. The zero-order valence-electron chi connectivity index (χ0n) is 13.5. The summed E-state index contributed by atoms with van der Waals surface area (Å²) in [4.78, 5) is 26.5. The van der Waals surface area contributed by atoms with Crippen molar-refractivity contribution in [2.24, 2.45) is 5.92 Å². The number of amides is 2. The fourth-order valence-electron chi connectivity index (χ4n) is 2.53. The second-order valence-corrected chi connectivity index (χ2v) is 8.64. The highest BCUT2D eigenvalue weighted by molar-refractivity contribution is 8.07. The Balaban J connectivity index is 1.94. The average molecular weight is 314 g/mol. The largest absolute Gasteiger partial charge is 0.444 e. The van der Waals surface area contributed by atoms with Crippen molar-refractivity contribution in [2.75, 3.05) is 13.1 Å². The van der Waals surface area contributed by atoms with Gasteiger partial charge in [-0.15, -0.1) is 0 Å². The molecule has 0 aromatic carbocycles. The second kappa shape index (κ2) is 6.07. The Morgan fingerprint density at radius 1 is 1.29 bits per heavy atom. The molecule has 0 radical (unpaired) electrons. The van der Waals surface area contributed by atoms with E-state index in [9.17, 15) is 9.59 Å². The molecule has 2 unspecified atom stereocenters. The number of ether oxygens (including phenoxy) is 1. The molecular weight excluding hydrogens is 288 g/mol. The molecule has 0 aromatic rings. The van der Waals surface area contributed by atoms with Gasteiger partial charge in [-0.25, -0.2) is 4.79 Å². The fraction of sp³-hybridized carbons (Fsp3) is 0.867. The average Bonchev–Trinajstić information content (AvgIpc) is 3.10. The van der Waals surface area contributed by atoms with Gasteiger partial charge in [0.05, 0.1) is 0 Å². The highest BCUT2D eigenvalue weighted by Crippen LogP contribution is 2.46. The van der Waals surface area contributed by atoms with Crippen molar-refractivity contribution < 1.29 is 14.3 Å². The van der Waals surface area contributed by atoms with Crippen LogP contribution in [0.4, 0.5) is 4.79 Å². The lowest BCUT2D eigenvalue weighted by Gasteiger charge is -2.32. The zero-order chi connectivity index (χ0) is 15.8. The lowest BCUT2D eigenvalue weighted by molar-refractivity contribution is -0.135. The van der Waals surface area contributed by atoms with Crippen LogP contribution < -0.4 is 5.32 Å².